The summed E-state index contributed by atoms with van der Waals surface area (Å²) in [7, 11) is 1.31. The molecule has 1 saturated heterocycles. The van der Waals surface area contributed by atoms with E-state index in [-0.39, 0.29) is 12.3 Å². The third kappa shape index (κ3) is 3.33. The number of hydrogen-bond acceptors (Lipinski definition) is 5. The summed E-state index contributed by atoms with van der Waals surface area (Å²) in [6.45, 7) is 0.448. The minimum atomic E-state index is -0.455. The highest BCUT2D eigenvalue weighted by atomic mass is 32.2. The number of nitrogens with zero attached hydrogens (tertiary/aromatic N) is 1. The van der Waals surface area contributed by atoms with Crippen molar-refractivity contribution in [1.29, 1.82) is 0 Å². The molecule has 0 N–H and O–H groups in total. The first kappa shape index (κ1) is 14.0. The highest BCUT2D eigenvalue weighted by Crippen LogP contribution is 2.30. The third-order valence-corrected chi connectivity index (χ3v) is 4.35. The van der Waals surface area contributed by atoms with Crippen molar-refractivity contribution in [2.75, 3.05) is 7.11 Å². The van der Waals surface area contributed by atoms with Crippen LogP contribution >= 0.6 is 24.0 Å². The Labute approximate surface area is 121 Å². The van der Waals surface area contributed by atoms with Gasteiger partial charge in [0.15, 0.2) is 0 Å². The topological polar surface area (TPSA) is 46.6 Å². The normalized spacial score (nSPS) is 18.8. The van der Waals surface area contributed by atoms with Crippen LogP contribution in [0.5, 0.6) is 0 Å². The molecule has 0 aromatic heterocycles. The Bertz CT molecular complexity index is 504. The molecule has 1 atom stereocenters. The van der Waals surface area contributed by atoms with Crippen molar-refractivity contribution < 1.29 is 14.3 Å². The number of benzene rings is 1. The van der Waals surface area contributed by atoms with Gasteiger partial charge in [-0.15, -0.1) is 0 Å². The lowest BCUT2D eigenvalue weighted by Gasteiger charge is -2.15. The monoisotopic (exact) mass is 295 g/mol. The van der Waals surface area contributed by atoms with Crippen molar-refractivity contribution in [3.05, 3.63) is 35.9 Å². The van der Waals surface area contributed by atoms with Gasteiger partial charge in [0.2, 0.25) is 5.91 Å². The molecular weight excluding hydrogens is 282 g/mol. The minimum Gasteiger partial charge on any atom is -0.469 e. The molecule has 1 fully saturated rings. The molecule has 1 heterocycles. The van der Waals surface area contributed by atoms with E-state index in [9.17, 15) is 9.59 Å². The van der Waals surface area contributed by atoms with Crippen LogP contribution in [0.3, 0.4) is 0 Å². The first-order chi connectivity index (χ1) is 9.11. The largest absolute Gasteiger partial charge is 0.469 e. The zero-order chi connectivity index (χ0) is 13.8. The number of amides is 1. The predicted molar refractivity (Wildman–Crippen MR) is 77.6 cm³/mol. The molecule has 4 nitrogen and oxygen atoms in total. The van der Waals surface area contributed by atoms with Crippen LogP contribution in [0.25, 0.3) is 0 Å². The lowest BCUT2D eigenvalue weighted by molar-refractivity contribution is -0.142. The Morgan fingerprint density at radius 2 is 2.11 bits per heavy atom. The van der Waals surface area contributed by atoms with Crippen LogP contribution in [0.2, 0.25) is 0 Å². The molecule has 0 saturated carbocycles. The second kappa shape index (κ2) is 6.16. The summed E-state index contributed by atoms with van der Waals surface area (Å²) in [5.74, 6) is -0.514. The number of carbonyl (C=O) groups excluding carboxylic acids is 2. The maximum absolute atomic E-state index is 12.2. The smallest absolute Gasteiger partial charge is 0.307 e. The van der Waals surface area contributed by atoms with Gasteiger partial charge in [-0.3, -0.25) is 14.5 Å². The summed E-state index contributed by atoms with van der Waals surface area (Å²) < 4.78 is 5.10. The molecule has 0 bridgehead atoms. The summed E-state index contributed by atoms with van der Waals surface area (Å²) in [6, 6.07) is 9.63. The summed E-state index contributed by atoms with van der Waals surface area (Å²) in [5, 5.41) is -0.455. The van der Waals surface area contributed by atoms with Gasteiger partial charge in [0.25, 0.3) is 0 Å². The van der Waals surface area contributed by atoms with Crippen LogP contribution in [0, 0.1) is 0 Å². The molecule has 0 spiro atoms. The van der Waals surface area contributed by atoms with Gasteiger partial charge in [-0.05, 0) is 5.56 Å². The summed E-state index contributed by atoms with van der Waals surface area (Å²) in [4.78, 5) is 25.0. The van der Waals surface area contributed by atoms with Crippen LogP contribution in [0.15, 0.2) is 30.3 Å². The minimum absolute atomic E-state index is 0.0609. The molecule has 0 aliphatic carbocycles. The molecule has 1 aromatic carbocycles. The number of thioether (sulfide) groups is 1. The van der Waals surface area contributed by atoms with E-state index in [1.54, 1.807) is 4.90 Å². The molecule has 1 amide bonds. The summed E-state index contributed by atoms with van der Waals surface area (Å²) >= 11 is 6.45. The number of methoxy groups -OCH3 is 1. The fraction of sp³-hybridized carbons (Fsp3) is 0.308. The Hall–Kier alpha value is -1.40. The van der Waals surface area contributed by atoms with Crippen molar-refractivity contribution in [2.24, 2.45) is 0 Å². The van der Waals surface area contributed by atoms with Crippen molar-refractivity contribution in [2.45, 2.75) is 18.2 Å². The second-order valence-electron chi connectivity index (χ2n) is 4.06. The molecule has 6 heteroatoms. The zero-order valence-electron chi connectivity index (χ0n) is 10.4. The Morgan fingerprint density at radius 1 is 1.42 bits per heavy atom. The maximum Gasteiger partial charge on any atom is 0.307 e. The average Bonchev–Trinajstić information content (AvgIpc) is 2.67. The van der Waals surface area contributed by atoms with Gasteiger partial charge in [-0.2, -0.15) is 0 Å². The van der Waals surface area contributed by atoms with E-state index < -0.39 is 11.2 Å². The quantitative estimate of drug-likeness (QED) is 0.628. The number of rotatable bonds is 4. The van der Waals surface area contributed by atoms with Gasteiger partial charge < -0.3 is 4.74 Å². The van der Waals surface area contributed by atoms with E-state index >= 15 is 0 Å². The van der Waals surface area contributed by atoms with E-state index in [0.29, 0.717) is 10.9 Å². The van der Waals surface area contributed by atoms with Crippen molar-refractivity contribution in [3.63, 3.8) is 0 Å². The van der Waals surface area contributed by atoms with Crippen LogP contribution in [-0.2, 0) is 20.9 Å². The average molecular weight is 295 g/mol. The van der Waals surface area contributed by atoms with Crippen LogP contribution < -0.4 is 0 Å². The van der Waals surface area contributed by atoms with Crippen molar-refractivity contribution in [3.8, 4) is 0 Å². The number of esters is 1. The number of thiocarbonyl (C=S) groups is 1. The third-order valence-electron chi connectivity index (χ3n) is 2.77. The lowest BCUT2D eigenvalue weighted by atomic mass is 10.2. The molecule has 19 heavy (non-hydrogen) atoms. The van der Waals surface area contributed by atoms with E-state index in [0.717, 1.165) is 5.56 Å². The van der Waals surface area contributed by atoms with E-state index in [2.05, 4.69) is 4.74 Å². The standard InChI is InChI=1S/C13H13NO3S2/c1-17-11(15)7-10-12(16)14(13(18)19-10)8-9-5-3-2-4-6-9/h2-6,10H,7-8H2,1H3. The Kier molecular flexibility index (Phi) is 4.55. The molecule has 100 valence electrons. The molecule has 1 aromatic rings. The van der Waals surface area contributed by atoms with Gasteiger partial charge >= 0.3 is 5.97 Å². The number of carbonyl (C=O) groups is 2. The Morgan fingerprint density at radius 3 is 2.74 bits per heavy atom. The second-order valence-corrected chi connectivity index (χ2v) is 5.90. The summed E-state index contributed by atoms with van der Waals surface area (Å²) in [5.41, 5.74) is 1.01. The Balaban J connectivity index is 2.04. The van der Waals surface area contributed by atoms with Crippen molar-refractivity contribution >= 4 is 40.2 Å². The van der Waals surface area contributed by atoms with Crippen LogP contribution in [-0.4, -0.2) is 33.5 Å². The molecule has 1 aliphatic rings. The molecule has 1 aliphatic heterocycles. The van der Waals surface area contributed by atoms with Crippen LogP contribution in [0.1, 0.15) is 12.0 Å². The SMILES string of the molecule is COC(=O)CC1SC(=S)N(Cc2ccccc2)C1=O. The van der Waals surface area contributed by atoms with Gasteiger partial charge in [-0.25, -0.2) is 0 Å². The van der Waals surface area contributed by atoms with Gasteiger partial charge in [-0.1, -0.05) is 54.3 Å². The highest BCUT2D eigenvalue weighted by molar-refractivity contribution is 8.24. The maximum atomic E-state index is 12.2. The van der Waals surface area contributed by atoms with Gasteiger partial charge in [0, 0.05) is 0 Å². The molecule has 0 radical (unpaired) electrons. The van der Waals surface area contributed by atoms with Crippen molar-refractivity contribution in [1.82, 2.24) is 4.90 Å². The fourth-order valence-corrected chi connectivity index (χ4v) is 3.25. The first-order valence-corrected chi connectivity index (χ1v) is 7.03. The zero-order valence-corrected chi connectivity index (χ0v) is 12.0. The van der Waals surface area contributed by atoms with E-state index in [1.807, 2.05) is 30.3 Å². The molecule has 1 unspecified atom stereocenters. The molecular formula is C13H13NO3S2. The first-order valence-electron chi connectivity index (χ1n) is 5.74. The van der Waals surface area contributed by atoms with Gasteiger partial charge in [0.05, 0.1) is 20.1 Å². The van der Waals surface area contributed by atoms with E-state index in [4.69, 9.17) is 12.2 Å². The van der Waals surface area contributed by atoms with Gasteiger partial charge in [0.1, 0.15) is 9.57 Å². The predicted octanol–water partition coefficient (Wildman–Crippen LogP) is 1.98. The lowest BCUT2D eigenvalue weighted by Crippen LogP contribution is -2.31. The van der Waals surface area contributed by atoms with E-state index in [1.165, 1.54) is 18.9 Å². The molecule has 2 rings (SSSR count). The van der Waals surface area contributed by atoms with Crippen LogP contribution in [0.4, 0.5) is 0 Å². The number of hydrogen-bond donors (Lipinski definition) is 0. The summed E-state index contributed by atoms with van der Waals surface area (Å²) in [6.07, 6.45) is 0.0609. The number of ether oxygens (including phenoxy) is 1. The highest BCUT2D eigenvalue weighted by Gasteiger charge is 2.38. The fourth-order valence-electron chi connectivity index (χ4n) is 1.77.